The number of hydrogen-bond acceptors (Lipinski definition) is 3. The minimum atomic E-state index is -0.120. The second-order valence-electron chi connectivity index (χ2n) is 4.96. The summed E-state index contributed by atoms with van der Waals surface area (Å²) in [5.74, 6) is 0.685. The largest absolute Gasteiger partial charge is 0.494 e. The molecule has 1 heterocycles. The van der Waals surface area contributed by atoms with Crippen LogP contribution in [-0.2, 0) is 13.5 Å². The molecule has 0 saturated heterocycles. The number of ether oxygens (including phenoxy) is 1. The van der Waals surface area contributed by atoms with E-state index in [9.17, 15) is 4.79 Å². The van der Waals surface area contributed by atoms with Crippen LogP contribution in [-0.4, -0.2) is 28.8 Å². The molecule has 22 heavy (non-hydrogen) atoms. The lowest BCUT2D eigenvalue weighted by Gasteiger charge is -2.11. The average molecular weight is 322 g/mol. The Labute approximate surface area is 135 Å². The number of rotatable bonds is 6. The first kappa shape index (κ1) is 16.4. The van der Waals surface area contributed by atoms with Gasteiger partial charge in [0.1, 0.15) is 5.75 Å². The van der Waals surface area contributed by atoms with Crippen LogP contribution in [0.5, 0.6) is 5.75 Å². The number of halogens is 1. The van der Waals surface area contributed by atoms with Crippen molar-refractivity contribution in [1.29, 1.82) is 0 Å². The molecule has 118 valence electrons. The Bertz CT molecular complexity index is 667. The number of amides is 1. The summed E-state index contributed by atoms with van der Waals surface area (Å²) in [5, 5.41) is 7.63. The summed E-state index contributed by atoms with van der Waals surface area (Å²) in [6, 6.07) is 5.52. The van der Waals surface area contributed by atoms with E-state index in [1.807, 2.05) is 33.0 Å². The Morgan fingerprint density at radius 2 is 2.23 bits per heavy atom. The van der Waals surface area contributed by atoms with Gasteiger partial charge in [-0.1, -0.05) is 11.6 Å². The molecule has 1 amide bonds. The zero-order valence-electron chi connectivity index (χ0n) is 13.0. The van der Waals surface area contributed by atoms with Gasteiger partial charge >= 0.3 is 0 Å². The van der Waals surface area contributed by atoms with Gasteiger partial charge in [0, 0.05) is 24.3 Å². The zero-order chi connectivity index (χ0) is 16.1. The highest BCUT2D eigenvalue weighted by Gasteiger charge is 2.12. The van der Waals surface area contributed by atoms with Crippen molar-refractivity contribution in [1.82, 2.24) is 15.1 Å². The number of carbonyl (C=O) groups excluding carboxylic acids is 1. The Morgan fingerprint density at radius 1 is 1.45 bits per heavy atom. The molecule has 5 nitrogen and oxygen atoms in total. The van der Waals surface area contributed by atoms with Gasteiger partial charge in [-0.3, -0.25) is 9.48 Å². The second kappa shape index (κ2) is 7.31. The molecule has 2 rings (SSSR count). The first-order valence-corrected chi connectivity index (χ1v) is 7.58. The molecule has 0 unspecified atom stereocenters. The van der Waals surface area contributed by atoms with Crippen LogP contribution < -0.4 is 10.1 Å². The van der Waals surface area contributed by atoms with E-state index in [0.29, 0.717) is 30.2 Å². The molecule has 1 N–H and O–H groups in total. The first-order valence-electron chi connectivity index (χ1n) is 7.21. The molecule has 0 aliphatic rings. The lowest BCUT2D eigenvalue weighted by atomic mass is 10.1. The Kier molecular flexibility index (Phi) is 5.44. The molecular formula is C16H20ClN3O2. The SMILES string of the molecule is CCOc1ccc(Cl)cc1CCNC(=O)c1cnn(C)c1C. The maximum atomic E-state index is 12.1. The lowest BCUT2D eigenvalue weighted by Crippen LogP contribution is -2.26. The molecule has 0 spiro atoms. The first-order chi connectivity index (χ1) is 10.5. The van der Waals surface area contributed by atoms with Crippen LogP contribution in [0.1, 0.15) is 28.5 Å². The molecule has 2 aromatic rings. The van der Waals surface area contributed by atoms with Gasteiger partial charge in [-0.05, 0) is 44.0 Å². The summed E-state index contributed by atoms with van der Waals surface area (Å²) in [6.07, 6.45) is 2.23. The number of hydrogen-bond donors (Lipinski definition) is 1. The molecule has 0 radical (unpaired) electrons. The average Bonchev–Trinajstić information content (AvgIpc) is 2.82. The standard InChI is InChI=1S/C16H20ClN3O2/c1-4-22-15-6-5-13(17)9-12(15)7-8-18-16(21)14-10-19-20(3)11(14)2/h5-6,9-10H,4,7-8H2,1-3H3,(H,18,21). The summed E-state index contributed by atoms with van der Waals surface area (Å²) < 4.78 is 7.25. The third-order valence-electron chi connectivity index (χ3n) is 3.48. The van der Waals surface area contributed by atoms with Gasteiger partial charge in [-0.2, -0.15) is 5.10 Å². The normalized spacial score (nSPS) is 10.5. The minimum absolute atomic E-state index is 0.120. The monoisotopic (exact) mass is 321 g/mol. The smallest absolute Gasteiger partial charge is 0.254 e. The molecule has 0 aliphatic carbocycles. The van der Waals surface area contributed by atoms with E-state index in [-0.39, 0.29) is 5.91 Å². The Balaban J connectivity index is 1.97. The van der Waals surface area contributed by atoms with Crippen molar-refractivity contribution in [2.75, 3.05) is 13.2 Å². The van der Waals surface area contributed by atoms with Crippen LogP contribution in [0.4, 0.5) is 0 Å². The summed E-state index contributed by atoms with van der Waals surface area (Å²) in [5.41, 5.74) is 2.42. The maximum Gasteiger partial charge on any atom is 0.254 e. The highest BCUT2D eigenvalue weighted by atomic mass is 35.5. The van der Waals surface area contributed by atoms with Crippen LogP contribution in [0.25, 0.3) is 0 Å². The molecule has 0 bridgehead atoms. The van der Waals surface area contributed by atoms with Crippen molar-refractivity contribution in [3.63, 3.8) is 0 Å². The van der Waals surface area contributed by atoms with E-state index >= 15 is 0 Å². The second-order valence-corrected chi connectivity index (χ2v) is 5.39. The molecule has 0 saturated carbocycles. The van der Waals surface area contributed by atoms with Crippen LogP contribution in [0.2, 0.25) is 5.02 Å². The number of aryl methyl sites for hydroxylation is 1. The maximum absolute atomic E-state index is 12.1. The van der Waals surface area contributed by atoms with Gasteiger partial charge in [0.15, 0.2) is 0 Å². The summed E-state index contributed by atoms with van der Waals surface area (Å²) >= 11 is 6.02. The summed E-state index contributed by atoms with van der Waals surface area (Å²) in [6.45, 7) is 4.90. The fourth-order valence-corrected chi connectivity index (χ4v) is 2.36. The third-order valence-corrected chi connectivity index (χ3v) is 3.72. The Morgan fingerprint density at radius 3 is 2.86 bits per heavy atom. The van der Waals surface area contributed by atoms with E-state index < -0.39 is 0 Å². The Hall–Kier alpha value is -2.01. The summed E-state index contributed by atoms with van der Waals surface area (Å²) in [4.78, 5) is 12.1. The topological polar surface area (TPSA) is 56.1 Å². The van der Waals surface area contributed by atoms with E-state index in [1.54, 1.807) is 16.9 Å². The predicted octanol–water partition coefficient (Wildman–Crippen LogP) is 2.75. The number of nitrogens with one attached hydrogen (secondary N) is 1. The van der Waals surface area contributed by atoms with Crippen LogP contribution in [0.3, 0.4) is 0 Å². The van der Waals surface area contributed by atoms with Crippen molar-refractivity contribution in [2.24, 2.45) is 7.05 Å². The van der Waals surface area contributed by atoms with Gasteiger partial charge in [0.2, 0.25) is 0 Å². The quantitative estimate of drug-likeness (QED) is 0.890. The van der Waals surface area contributed by atoms with Gasteiger partial charge in [0.25, 0.3) is 5.91 Å². The number of nitrogens with zero attached hydrogens (tertiary/aromatic N) is 2. The third kappa shape index (κ3) is 3.80. The summed E-state index contributed by atoms with van der Waals surface area (Å²) in [7, 11) is 1.81. The van der Waals surface area contributed by atoms with Gasteiger partial charge < -0.3 is 10.1 Å². The molecule has 1 aromatic heterocycles. The molecule has 0 aliphatic heterocycles. The fraction of sp³-hybridized carbons (Fsp3) is 0.375. The van der Waals surface area contributed by atoms with Crippen LogP contribution in [0.15, 0.2) is 24.4 Å². The van der Waals surface area contributed by atoms with Crippen molar-refractivity contribution in [3.8, 4) is 5.75 Å². The molecule has 0 atom stereocenters. The molecule has 1 aromatic carbocycles. The number of carbonyl (C=O) groups is 1. The number of benzene rings is 1. The predicted molar refractivity (Wildman–Crippen MR) is 86.6 cm³/mol. The van der Waals surface area contributed by atoms with E-state index in [0.717, 1.165) is 17.0 Å². The number of aromatic nitrogens is 2. The highest BCUT2D eigenvalue weighted by molar-refractivity contribution is 6.30. The van der Waals surface area contributed by atoms with Crippen molar-refractivity contribution in [2.45, 2.75) is 20.3 Å². The van der Waals surface area contributed by atoms with Gasteiger partial charge in [0.05, 0.1) is 18.4 Å². The fourth-order valence-electron chi connectivity index (χ4n) is 2.17. The minimum Gasteiger partial charge on any atom is -0.494 e. The van der Waals surface area contributed by atoms with Crippen LogP contribution >= 0.6 is 11.6 Å². The van der Waals surface area contributed by atoms with Crippen LogP contribution in [0, 0.1) is 6.92 Å². The van der Waals surface area contributed by atoms with E-state index in [1.165, 1.54) is 0 Å². The van der Waals surface area contributed by atoms with E-state index in [4.69, 9.17) is 16.3 Å². The highest BCUT2D eigenvalue weighted by Crippen LogP contribution is 2.23. The lowest BCUT2D eigenvalue weighted by molar-refractivity contribution is 0.0953. The molecular weight excluding hydrogens is 302 g/mol. The van der Waals surface area contributed by atoms with Gasteiger partial charge in [-0.25, -0.2) is 0 Å². The van der Waals surface area contributed by atoms with Crippen molar-refractivity contribution < 1.29 is 9.53 Å². The molecule has 0 fully saturated rings. The molecule has 6 heteroatoms. The van der Waals surface area contributed by atoms with E-state index in [2.05, 4.69) is 10.4 Å². The van der Waals surface area contributed by atoms with Gasteiger partial charge in [-0.15, -0.1) is 0 Å². The van der Waals surface area contributed by atoms with Crippen molar-refractivity contribution in [3.05, 3.63) is 46.2 Å². The van der Waals surface area contributed by atoms with Crippen molar-refractivity contribution >= 4 is 17.5 Å². The zero-order valence-corrected chi connectivity index (χ0v) is 13.8.